The van der Waals surface area contributed by atoms with E-state index in [1.807, 2.05) is 4.90 Å². The molecule has 1 atom stereocenters. The standard InChI is InChI=1S/C16H20N6O2/c1-21-8-3-5-13(21)16(24)20-19-15(23)12-4-2-9-22(11-12)14-10-17-6-7-18-14/h3,5-8,10,12H,2,4,9,11H2,1H3,(H,19,23)(H,20,24). The molecule has 1 saturated heterocycles. The van der Waals surface area contributed by atoms with Crippen LogP contribution in [0.5, 0.6) is 0 Å². The Labute approximate surface area is 139 Å². The Hall–Kier alpha value is -2.90. The van der Waals surface area contributed by atoms with Crippen molar-refractivity contribution < 1.29 is 9.59 Å². The number of hydrogen-bond acceptors (Lipinski definition) is 5. The summed E-state index contributed by atoms with van der Waals surface area (Å²) in [5.74, 6) is 0.0425. The number of carbonyl (C=O) groups excluding carboxylic acids is 2. The fourth-order valence-corrected chi connectivity index (χ4v) is 2.84. The normalized spacial score (nSPS) is 17.4. The van der Waals surface area contributed by atoms with Crippen molar-refractivity contribution in [1.29, 1.82) is 0 Å². The first-order valence-electron chi connectivity index (χ1n) is 7.87. The summed E-state index contributed by atoms with van der Waals surface area (Å²) in [6.07, 6.45) is 8.40. The van der Waals surface area contributed by atoms with Gasteiger partial charge in [-0.15, -0.1) is 0 Å². The first-order valence-corrected chi connectivity index (χ1v) is 7.87. The van der Waals surface area contributed by atoms with E-state index in [-0.39, 0.29) is 17.7 Å². The van der Waals surface area contributed by atoms with Gasteiger partial charge >= 0.3 is 0 Å². The minimum absolute atomic E-state index is 0.189. The molecular weight excluding hydrogens is 308 g/mol. The summed E-state index contributed by atoms with van der Waals surface area (Å²) in [6, 6.07) is 3.47. The molecule has 0 aliphatic carbocycles. The van der Waals surface area contributed by atoms with Crippen molar-refractivity contribution in [3.05, 3.63) is 42.6 Å². The van der Waals surface area contributed by atoms with Crippen molar-refractivity contribution in [2.75, 3.05) is 18.0 Å². The number of nitrogens with zero attached hydrogens (tertiary/aromatic N) is 4. The summed E-state index contributed by atoms with van der Waals surface area (Å²) >= 11 is 0. The number of nitrogens with one attached hydrogen (secondary N) is 2. The van der Waals surface area contributed by atoms with Gasteiger partial charge in [-0.3, -0.25) is 25.4 Å². The van der Waals surface area contributed by atoms with Crippen LogP contribution in [0, 0.1) is 5.92 Å². The van der Waals surface area contributed by atoms with E-state index in [4.69, 9.17) is 0 Å². The van der Waals surface area contributed by atoms with Crippen LogP contribution in [-0.4, -0.2) is 39.4 Å². The lowest BCUT2D eigenvalue weighted by Gasteiger charge is -2.32. The zero-order valence-electron chi connectivity index (χ0n) is 13.5. The van der Waals surface area contributed by atoms with Gasteiger partial charge in [-0.2, -0.15) is 0 Å². The van der Waals surface area contributed by atoms with Crippen molar-refractivity contribution in [1.82, 2.24) is 25.4 Å². The molecule has 2 aromatic rings. The average Bonchev–Trinajstić information content (AvgIpc) is 3.06. The predicted molar refractivity (Wildman–Crippen MR) is 88.0 cm³/mol. The molecule has 1 fully saturated rings. The van der Waals surface area contributed by atoms with E-state index in [1.54, 1.807) is 48.5 Å². The Bertz CT molecular complexity index is 714. The molecule has 0 aromatic carbocycles. The van der Waals surface area contributed by atoms with Crippen LogP contribution < -0.4 is 15.8 Å². The first-order chi connectivity index (χ1) is 11.6. The lowest BCUT2D eigenvalue weighted by atomic mass is 9.97. The minimum Gasteiger partial charge on any atom is -0.355 e. The van der Waals surface area contributed by atoms with E-state index in [0.29, 0.717) is 12.2 Å². The maximum atomic E-state index is 12.3. The van der Waals surface area contributed by atoms with Crippen LogP contribution in [0.25, 0.3) is 0 Å². The molecule has 0 radical (unpaired) electrons. The third kappa shape index (κ3) is 3.53. The van der Waals surface area contributed by atoms with Gasteiger partial charge in [-0.05, 0) is 25.0 Å². The third-order valence-corrected chi connectivity index (χ3v) is 4.14. The number of amides is 2. The predicted octanol–water partition coefficient (Wildman–Crippen LogP) is 0.493. The summed E-state index contributed by atoms with van der Waals surface area (Å²) in [4.78, 5) is 34.7. The SMILES string of the molecule is Cn1cccc1C(=O)NNC(=O)C1CCCN(c2cnccn2)C1. The highest BCUT2D eigenvalue weighted by Crippen LogP contribution is 2.20. The highest BCUT2D eigenvalue weighted by Gasteiger charge is 2.27. The molecule has 1 aliphatic rings. The van der Waals surface area contributed by atoms with E-state index < -0.39 is 0 Å². The summed E-state index contributed by atoms with van der Waals surface area (Å²) in [5.41, 5.74) is 5.48. The van der Waals surface area contributed by atoms with Gasteiger partial charge in [0.05, 0.1) is 12.1 Å². The number of piperidine rings is 1. The van der Waals surface area contributed by atoms with Crippen LogP contribution in [-0.2, 0) is 11.8 Å². The molecule has 0 bridgehead atoms. The Balaban J connectivity index is 1.55. The summed E-state index contributed by atoms with van der Waals surface area (Å²) in [6.45, 7) is 1.41. The van der Waals surface area contributed by atoms with Crippen molar-refractivity contribution in [3.8, 4) is 0 Å². The molecule has 3 rings (SSSR count). The number of carbonyl (C=O) groups is 2. The van der Waals surface area contributed by atoms with Gasteiger partial charge in [0.15, 0.2) is 0 Å². The quantitative estimate of drug-likeness (QED) is 0.800. The minimum atomic E-state index is -0.336. The molecule has 2 aromatic heterocycles. The van der Waals surface area contributed by atoms with Gasteiger partial charge in [0.1, 0.15) is 11.5 Å². The Kier molecular flexibility index (Phi) is 4.74. The fourth-order valence-electron chi connectivity index (χ4n) is 2.84. The molecule has 8 nitrogen and oxygen atoms in total. The van der Waals surface area contributed by atoms with Gasteiger partial charge in [0.25, 0.3) is 5.91 Å². The second-order valence-corrected chi connectivity index (χ2v) is 5.80. The molecule has 126 valence electrons. The number of aromatic nitrogens is 3. The lowest BCUT2D eigenvalue weighted by molar-refractivity contribution is -0.126. The van der Waals surface area contributed by atoms with Gasteiger partial charge in [-0.1, -0.05) is 0 Å². The summed E-state index contributed by atoms with van der Waals surface area (Å²) in [5, 5.41) is 0. The molecule has 2 amide bonds. The van der Waals surface area contributed by atoms with E-state index >= 15 is 0 Å². The van der Waals surface area contributed by atoms with Crippen LogP contribution in [0.2, 0.25) is 0 Å². The van der Waals surface area contributed by atoms with E-state index in [2.05, 4.69) is 20.8 Å². The summed E-state index contributed by atoms with van der Waals surface area (Å²) < 4.78 is 1.69. The van der Waals surface area contributed by atoms with Crippen molar-refractivity contribution in [2.24, 2.45) is 13.0 Å². The molecule has 3 heterocycles. The molecule has 0 saturated carbocycles. The smallest absolute Gasteiger partial charge is 0.286 e. The molecule has 24 heavy (non-hydrogen) atoms. The molecule has 0 spiro atoms. The number of anilines is 1. The molecule has 1 aliphatic heterocycles. The zero-order chi connectivity index (χ0) is 16.9. The number of hydrazine groups is 1. The van der Waals surface area contributed by atoms with Crippen molar-refractivity contribution in [2.45, 2.75) is 12.8 Å². The Morgan fingerprint density at radius 1 is 1.29 bits per heavy atom. The topological polar surface area (TPSA) is 92.2 Å². The number of aryl methyl sites for hydroxylation is 1. The molecule has 2 N–H and O–H groups in total. The Morgan fingerprint density at radius 2 is 2.17 bits per heavy atom. The highest BCUT2D eigenvalue weighted by atomic mass is 16.2. The van der Waals surface area contributed by atoms with Crippen LogP contribution in [0.4, 0.5) is 5.82 Å². The second-order valence-electron chi connectivity index (χ2n) is 5.80. The van der Waals surface area contributed by atoms with E-state index in [1.165, 1.54) is 0 Å². The molecule has 8 heteroatoms. The lowest BCUT2D eigenvalue weighted by Crippen LogP contribution is -2.49. The highest BCUT2D eigenvalue weighted by molar-refractivity contribution is 5.94. The average molecular weight is 328 g/mol. The van der Waals surface area contributed by atoms with Gasteiger partial charge in [-0.25, -0.2) is 4.98 Å². The van der Waals surface area contributed by atoms with Crippen LogP contribution in [0.15, 0.2) is 36.9 Å². The van der Waals surface area contributed by atoms with Gasteiger partial charge in [0.2, 0.25) is 5.91 Å². The van der Waals surface area contributed by atoms with E-state index in [0.717, 1.165) is 25.2 Å². The largest absolute Gasteiger partial charge is 0.355 e. The Morgan fingerprint density at radius 3 is 2.88 bits per heavy atom. The maximum absolute atomic E-state index is 12.3. The molecular formula is C16H20N6O2. The zero-order valence-corrected chi connectivity index (χ0v) is 13.5. The molecule has 1 unspecified atom stereocenters. The maximum Gasteiger partial charge on any atom is 0.286 e. The van der Waals surface area contributed by atoms with Crippen molar-refractivity contribution >= 4 is 17.6 Å². The van der Waals surface area contributed by atoms with Crippen LogP contribution in [0.3, 0.4) is 0 Å². The summed E-state index contributed by atoms with van der Waals surface area (Å²) in [7, 11) is 1.77. The first kappa shape index (κ1) is 16.0. The number of rotatable bonds is 3. The van der Waals surface area contributed by atoms with Gasteiger partial charge in [0, 0.05) is 38.7 Å². The van der Waals surface area contributed by atoms with Gasteiger partial charge < -0.3 is 9.47 Å². The fraction of sp³-hybridized carbons (Fsp3) is 0.375. The third-order valence-electron chi connectivity index (χ3n) is 4.14. The van der Waals surface area contributed by atoms with Crippen molar-refractivity contribution in [3.63, 3.8) is 0 Å². The second kappa shape index (κ2) is 7.12. The van der Waals surface area contributed by atoms with E-state index in [9.17, 15) is 9.59 Å². The monoisotopic (exact) mass is 328 g/mol. The van der Waals surface area contributed by atoms with Crippen LogP contribution >= 0.6 is 0 Å². The van der Waals surface area contributed by atoms with Crippen LogP contribution in [0.1, 0.15) is 23.3 Å². The number of hydrogen-bond donors (Lipinski definition) is 2.